The number of hydrogen-bond acceptors (Lipinski definition) is 2. The summed E-state index contributed by atoms with van der Waals surface area (Å²) in [4.78, 5) is 0. The second-order valence-electron chi connectivity index (χ2n) is 3.85. The summed E-state index contributed by atoms with van der Waals surface area (Å²) in [6.07, 6.45) is 1.67. The molecule has 0 spiro atoms. The lowest BCUT2D eigenvalue weighted by Crippen LogP contribution is -2.17. The van der Waals surface area contributed by atoms with Gasteiger partial charge in [0.1, 0.15) is 5.76 Å². The van der Waals surface area contributed by atoms with Crippen molar-refractivity contribution in [2.75, 3.05) is 0 Å². The van der Waals surface area contributed by atoms with Crippen molar-refractivity contribution < 1.29 is 4.42 Å². The molecule has 0 amide bonds. The summed E-state index contributed by atoms with van der Waals surface area (Å²) in [6.45, 7) is 2.69. The Balaban J connectivity index is 2.00. The average molecular weight is 270 g/mol. The highest BCUT2D eigenvalue weighted by atomic mass is 35.5. The maximum atomic E-state index is 6.08. The number of furan rings is 1. The molecule has 0 aliphatic carbocycles. The Hall–Kier alpha value is -0.960. The molecule has 2 nitrogen and oxygen atoms in total. The molecular weight excluding hydrogens is 257 g/mol. The van der Waals surface area contributed by atoms with Gasteiger partial charge >= 0.3 is 0 Å². The van der Waals surface area contributed by atoms with Crippen LogP contribution in [0.25, 0.3) is 0 Å². The van der Waals surface area contributed by atoms with E-state index in [9.17, 15) is 0 Å². The van der Waals surface area contributed by atoms with Crippen molar-refractivity contribution in [2.45, 2.75) is 19.5 Å². The maximum absolute atomic E-state index is 6.08. The van der Waals surface area contributed by atoms with Gasteiger partial charge in [-0.25, -0.2) is 0 Å². The zero-order chi connectivity index (χ0) is 12.3. The summed E-state index contributed by atoms with van der Waals surface area (Å²) in [5, 5.41) is 4.74. The molecule has 1 atom stereocenters. The van der Waals surface area contributed by atoms with Gasteiger partial charge in [0.25, 0.3) is 0 Å². The van der Waals surface area contributed by atoms with Crippen LogP contribution in [0.15, 0.2) is 41.0 Å². The Morgan fingerprint density at radius 2 is 2.12 bits per heavy atom. The quantitative estimate of drug-likeness (QED) is 0.888. The van der Waals surface area contributed by atoms with Crippen LogP contribution in [0.3, 0.4) is 0 Å². The Labute approximate surface area is 111 Å². The monoisotopic (exact) mass is 269 g/mol. The zero-order valence-electron chi connectivity index (χ0n) is 9.41. The molecule has 17 heavy (non-hydrogen) atoms. The minimum atomic E-state index is 0.139. The van der Waals surface area contributed by atoms with Crippen LogP contribution in [0, 0.1) is 0 Å². The third-order valence-electron chi connectivity index (χ3n) is 2.58. The van der Waals surface area contributed by atoms with E-state index in [1.807, 2.05) is 25.1 Å². The summed E-state index contributed by atoms with van der Waals surface area (Å²) >= 11 is 12.0. The summed E-state index contributed by atoms with van der Waals surface area (Å²) in [5.74, 6) is 0.906. The standard InChI is InChI=1S/C13H13Cl2NO/c1-9(13-3-2-6-17-13)16-8-10-7-11(14)4-5-12(10)15/h2-7,9,16H,8H2,1H3/t9-/m1/s1. The van der Waals surface area contributed by atoms with Crippen molar-refractivity contribution in [2.24, 2.45) is 0 Å². The molecule has 0 unspecified atom stereocenters. The number of nitrogens with one attached hydrogen (secondary N) is 1. The number of rotatable bonds is 4. The van der Waals surface area contributed by atoms with Crippen LogP contribution in [0.2, 0.25) is 10.0 Å². The Morgan fingerprint density at radius 3 is 2.82 bits per heavy atom. The van der Waals surface area contributed by atoms with Gasteiger partial charge in [0.05, 0.1) is 12.3 Å². The van der Waals surface area contributed by atoms with Gasteiger partial charge in [-0.3, -0.25) is 0 Å². The van der Waals surface area contributed by atoms with E-state index in [2.05, 4.69) is 5.32 Å². The molecule has 1 heterocycles. The fraction of sp³-hybridized carbons (Fsp3) is 0.231. The van der Waals surface area contributed by atoms with Gasteiger partial charge in [0.2, 0.25) is 0 Å². The summed E-state index contributed by atoms with van der Waals surface area (Å²) < 4.78 is 5.32. The van der Waals surface area contributed by atoms with Crippen LogP contribution in [-0.2, 0) is 6.54 Å². The lowest BCUT2D eigenvalue weighted by atomic mass is 10.2. The molecule has 0 aliphatic rings. The molecule has 0 radical (unpaired) electrons. The normalized spacial score (nSPS) is 12.6. The summed E-state index contributed by atoms with van der Waals surface area (Å²) in [5.41, 5.74) is 0.984. The van der Waals surface area contributed by atoms with Gasteiger partial charge in [-0.05, 0) is 42.8 Å². The highest BCUT2D eigenvalue weighted by Crippen LogP contribution is 2.21. The molecule has 90 valence electrons. The summed E-state index contributed by atoms with van der Waals surface area (Å²) in [7, 11) is 0. The molecule has 0 saturated carbocycles. The van der Waals surface area contributed by atoms with E-state index in [-0.39, 0.29) is 6.04 Å². The van der Waals surface area contributed by atoms with Crippen LogP contribution >= 0.6 is 23.2 Å². The molecule has 4 heteroatoms. The van der Waals surface area contributed by atoms with E-state index in [0.29, 0.717) is 16.6 Å². The fourth-order valence-corrected chi connectivity index (χ4v) is 1.96. The molecule has 2 rings (SSSR count). The number of hydrogen-bond donors (Lipinski definition) is 1. The van der Waals surface area contributed by atoms with Crippen molar-refractivity contribution in [3.63, 3.8) is 0 Å². The lowest BCUT2D eigenvalue weighted by molar-refractivity contribution is 0.430. The molecule has 0 bridgehead atoms. The molecule has 0 saturated heterocycles. The SMILES string of the molecule is C[C@@H](NCc1cc(Cl)ccc1Cl)c1ccco1. The zero-order valence-corrected chi connectivity index (χ0v) is 10.9. The highest BCUT2D eigenvalue weighted by molar-refractivity contribution is 6.33. The third-order valence-corrected chi connectivity index (χ3v) is 3.18. The van der Waals surface area contributed by atoms with Crippen molar-refractivity contribution in [1.29, 1.82) is 0 Å². The molecular formula is C13H13Cl2NO. The second kappa shape index (κ2) is 5.58. The predicted octanol–water partition coefficient (Wildman–Crippen LogP) is 4.44. The van der Waals surface area contributed by atoms with Crippen molar-refractivity contribution in [3.8, 4) is 0 Å². The van der Waals surface area contributed by atoms with E-state index < -0.39 is 0 Å². The molecule has 0 aliphatic heterocycles. The number of halogens is 2. The van der Waals surface area contributed by atoms with E-state index in [1.165, 1.54) is 0 Å². The van der Waals surface area contributed by atoms with Crippen LogP contribution < -0.4 is 5.32 Å². The molecule has 1 aromatic carbocycles. The Bertz CT molecular complexity index is 482. The Morgan fingerprint density at radius 1 is 1.29 bits per heavy atom. The predicted molar refractivity (Wildman–Crippen MR) is 70.4 cm³/mol. The smallest absolute Gasteiger partial charge is 0.120 e. The fourth-order valence-electron chi connectivity index (χ4n) is 1.58. The maximum Gasteiger partial charge on any atom is 0.120 e. The first-order valence-electron chi connectivity index (χ1n) is 5.37. The van der Waals surface area contributed by atoms with Gasteiger partial charge in [0, 0.05) is 16.6 Å². The largest absolute Gasteiger partial charge is 0.468 e. The van der Waals surface area contributed by atoms with Gasteiger partial charge in [-0.2, -0.15) is 0 Å². The average Bonchev–Trinajstić information content (AvgIpc) is 2.83. The summed E-state index contributed by atoms with van der Waals surface area (Å²) in [6, 6.07) is 9.41. The van der Waals surface area contributed by atoms with Crippen molar-refractivity contribution >= 4 is 23.2 Å². The van der Waals surface area contributed by atoms with Crippen LogP contribution in [-0.4, -0.2) is 0 Å². The topological polar surface area (TPSA) is 25.2 Å². The second-order valence-corrected chi connectivity index (χ2v) is 4.70. The van der Waals surface area contributed by atoms with Crippen LogP contribution in [0.1, 0.15) is 24.3 Å². The minimum absolute atomic E-state index is 0.139. The lowest BCUT2D eigenvalue weighted by Gasteiger charge is -2.12. The highest BCUT2D eigenvalue weighted by Gasteiger charge is 2.08. The van der Waals surface area contributed by atoms with Gasteiger partial charge in [-0.15, -0.1) is 0 Å². The van der Waals surface area contributed by atoms with E-state index in [1.54, 1.807) is 18.4 Å². The minimum Gasteiger partial charge on any atom is -0.468 e. The third kappa shape index (κ3) is 3.25. The molecule has 1 aromatic heterocycles. The van der Waals surface area contributed by atoms with Crippen LogP contribution in [0.5, 0.6) is 0 Å². The van der Waals surface area contributed by atoms with Crippen molar-refractivity contribution in [1.82, 2.24) is 5.32 Å². The van der Waals surface area contributed by atoms with Crippen molar-refractivity contribution in [3.05, 3.63) is 58.0 Å². The number of benzene rings is 1. The Kier molecular flexibility index (Phi) is 4.11. The van der Waals surface area contributed by atoms with Gasteiger partial charge in [0.15, 0.2) is 0 Å². The first kappa shape index (κ1) is 12.5. The van der Waals surface area contributed by atoms with Gasteiger partial charge < -0.3 is 9.73 Å². The first-order valence-corrected chi connectivity index (χ1v) is 6.13. The van der Waals surface area contributed by atoms with Gasteiger partial charge in [-0.1, -0.05) is 23.2 Å². The molecule has 1 N–H and O–H groups in total. The van der Waals surface area contributed by atoms with E-state index in [4.69, 9.17) is 27.6 Å². The first-order chi connectivity index (χ1) is 8.16. The van der Waals surface area contributed by atoms with Crippen LogP contribution in [0.4, 0.5) is 0 Å². The molecule has 0 fully saturated rings. The molecule has 2 aromatic rings. The van der Waals surface area contributed by atoms with E-state index >= 15 is 0 Å². The van der Waals surface area contributed by atoms with E-state index in [0.717, 1.165) is 11.3 Å².